The average Bonchev–Trinajstić information content (AvgIpc) is 2.76. The zero-order valence-electron chi connectivity index (χ0n) is 12.0. The predicted molar refractivity (Wildman–Crippen MR) is 89.5 cm³/mol. The van der Waals surface area contributed by atoms with Crippen LogP contribution in [0.1, 0.15) is 16.0 Å². The summed E-state index contributed by atoms with van der Waals surface area (Å²) in [5, 5.41) is 0.655. The Kier molecular flexibility index (Phi) is 5.45. The summed E-state index contributed by atoms with van der Waals surface area (Å²) in [6.07, 6.45) is 4.05. The lowest BCUT2D eigenvalue weighted by molar-refractivity contribution is 0.281. The van der Waals surface area contributed by atoms with Crippen LogP contribution in [0.5, 0.6) is 5.75 Å². The summed E-state index contributed by atoms with van der Waals surface area (Å²) in [5.41, 5.74) is 8.54. The SMILES string of the molecule is COc1ccc2c(c1)CCN(Cc1cnc(N)s1)CC2.Cl. The minimum Gasteiger partial charge on any atom is -0.497 e. The van der Waals surface area contributed by atoms with Crippen LogP contribution < -0.4 is 10.5 Å². The van der Waals surface area contributed by atoms with Crippen LogP contribution in [-0.2, 0) is 19.4 Å². The molecule has 4 nitrogen and oxygen atoms in total. The van der Waals surface area contributed by atoms with E-state index in [0.717, 1.165) is 38.2 Å². The molecule has 0 aliphatic carbocycles. The normalized spacial score (nSPS) is 14.9. The Bertz CT molecular complexity index is 602. The van der Waals surface area contributed by atoms with Crippen molar-refractivity contribution in [3.63, 3.8) is 0 Å². The summed E-state index contributed by atoms with van der Waals surface area (Å²) in [6, 6.07) is 6.42. The van der Waals surface area contributed by atoms with Gasteiger partial charge in [0.05, 0.1) is 7.11 Å². The number of hydrogen-bond donors (Lipinski definition) is 1. The van der Waals surface area contributed by atoms with Gasteiger partial charge in [0.1, 0.15) is 5.75 Å². The van der Waals surface area contributed by atoms with Crippen molar-refractivity contribution >= 4 is 28.9 Å². The summed E-state index contributed by atoms with van der Waals surface area (Å²) in [6.45, 7) is 3.09. The predicted octanol–water partition coefficient (Wildman–Crippen LogP) is 2.76. The minimum atomic E-state index is 0. The van der Waals surface area contributed by atoms with E-state index < -0.39 is 0 Å². The van der Waals surface area contributed by atoms with Crippen molar-refractivity contribution in [2.45, 2.75) is 19.4 Å². The van der Waals surface area contributed by atoms with Crippen LogP contribution in [0.25, 0.3) is 0 Å². The minimum absolute atomic E-state index is 0. The summed E-state index contributed by atoms with van der Waals surface area (Å²) in [7, 11) is 1.72. The number of methoxy groups -OCH3 is 1. The smallest absolute Gasteiger partial charge is 0.180 e. The van der Waals surface area contributed by atoms with Gasteiger partial charge in [0.15, 0.2) is 5.13 Å². The maximum Gasteiger partial charge on any atom is 0.180 e. The highest BCUT2D eigenvalue weighted by Crippen LogP contribution is 2.23. The Morgan fingerprint density at radius 1 is 1.29 bits per heavy atom. The lowest BCUT2D eigenvalue weighted by Gasteiger charge is -2.18. The van der Waals surface area contributed by atoms with Crippen molar-refractivity contribution in [1.29, 1.82) is 0 Å². The largest absolute Gasteiger partial charge is 0.497 e. The number of halogens is 1. The molecule has 0 atom stereocenters. The third-order valence-electron chi connectivity index (χ3n) is 3.76. The number of nitrogen functional groups attached to an aromatic ring is 1. The third-order valence-corrected chi connectivity index (χ3v) is 4.57. The van der Waals surface area contributed by atoms with E-state index in [2.05, 4.69) is 28.1 Å². The van der Waals surface area contributed by atoms with Crippen molar-refractivity contribution in [1.82, 2.24) is 9.88 Å². The third kappa shape index (κ3) is 3.87. The first-order valence-electron chi connectivity index (χ1n) is 6.83. The van der Waals surface area contributed by atoms with Crippen molar-refractivity contribution in [2.75, 3.05) is 25.9 Å². The molecule has 1 aliphatic heterocycles. The van der Waals surface area contributed by atoms with Gasteiger partial charge in [0.25, 0.3) is 0 Å². The van der Waals surface area contributed by atoms with E-state index in [9.17, 15) is 0 Å². The lowest BCUT2D eigenvalue weighted by atomic mass is 10.0. The molecule has 1 aromatic carbocycles. The molecule has 0 radical (unpaired) electrons. The van der Waals surface area contributed by atoms with Gasteiger partial charge in [-0.05, 0) is 36.1 Å². The van der Waals surface area contributed by atoms with Gasteiger partial charge in [0, 0.05) is 30.7 Å². The fraction of sp³-hybridized carbons (Fsp3) is 0.400. The van der Waals surface area contributed by atoms with Crippen LogP contribution in [0.3, 0.4) is 0 Å². The molecule has 2 N–H and O–H groups in total. The van der Waals surface area contributed by atoms with Crippen molar-refractivity contribution < 1.29 is 4.74 Å². The lowest BCUT2D eigenvalue weighted by Crippen LogP contribution is -2.25. The molecule has 2 aromatic rings. The topological polar surface area (TPSA) is 51.4 Å². The van der Waals surface area contributed by atoms with Crippen LogP contribution in [0.2, 0.25) is 0 Å². The zero-order valence-corrected chi connectivity index (χ0v) is 13.7. The van der Waals surface area contributed by atoms with Crippen LogP contribution >= 0.6 is 23.7 Å². The van der Waals surface area contributed by atoms with Crippen molar-refractivity contribution in [3.05, 3.63) is 40.4 Å². The maximum atomic E-state index is 5.69. The Morgan fingerprint density at radius 3 is 2.71 bits per heavy atom. The first-order chi connectivity index (χ1) is 9.74. The molecular weight excluding hydrogens is 306 g/mol. The maximum absolute atomic E-state index is 5.69. The Labute approximate surface area is 135 Å². The van der Waals surface area contributed by atoms with Crippen LogP contribution in [-0.4, -0.2) is 30.1 Å². The molecule has 0 saturated heterocycles. The molecule has 2 heterocycles. The first-order valence-corrected chi connectivity index (χ1v) is 7.64. The van der Waals surface area contributed by atoms with Crippen LogP contribution in [0.15, 0.2) is 24.4 Å². The molecule has 0 bridgehead atoms. The molecule has 6 heteroatoms. The van der Waals surface area contributed by atoms with Gasteiger partial charge in [-0.15, -0.1) is 23.7 Å². The molecule has 0 saturated carbocycles. The van der Waals surface area contributed by atoms with Gasteiger partial charge < -0.3 is 10.5 Å². The number of nitrogens with two attached hydrogens (primary N) is 1. The molecule has 21 heavy (non-hydrogen) atoms. The van der Waals surface area contributed by atoms with E-state index in [1.54, 1.807) is 18.4 Å². The second-order valence-corrected chi connectivity index (χ2v) is 6.22. The number of ether oxygens (including phenoxy) is 1. The number of anilines is 1. The van der Waals surface area contributed by atoms with Gasteiger partial charge >= 0.3 is 0 Å². The summed E-state index contributed by atoms with van der Waals surface area (Å²) < 4.78 is 5.31. The Hall–Kier alpha value is -1.30. The molecule has 0 amide bonds. The van der Waals surface area contributed by atoms with E-state index in [4.69, 9.17) is 10.5 Å². The quantitative estimate of drug-likeness (QED) is 0.942. The first kappa shape index (κ1) is 16.1. The molecular formula is C15H20ClN3OS. The number of rotatable bonds is 3. The second kappa shape index (κ2) is 7.11. The van der Waals surface area contributed by atoms with E-state index in [0.29, 0.717) is 5.13 Å². The van der Waals surface area contributed by atoms with Gasteiger partial charge in [-0.1, -0.05) is 6.07 Å². The number of benzene rings is 1. The van der Waals surface area contributed by atoms with E-state index >= 15 is 0 Å². The highest BCUT2D eigenvalue weighted by molar-refractivity contribution is 7.15. The standard InChI is InChI=1S/C15H19N3OS.ClH/c1-19-13-3-2-11-4-6-18(7-5-12(11)8-13)10-14-9-17-15(16)20-14;/h2-3,8-9H,4-7,10H2,1H3,(H2,16,17);1H. The van der Waals surface area contributed by atoms with E-state index in [1.807, 2.05) is 6.20 Å². The second-order valence-electron chi connectivity index (χ2n) is 5.08. The highest BCUT2D eigenvalue weighted by atomic mass is 35.5. The fourth-order valence-electron chi connectivity index (χ4n) is 2.65. The summed E-state index contributed by atoms with van der Waals surface area (Å²) in [5.74, 6) is 0.951. The number of thiazole rings is 1. The molecule has 0 spiro atoms. The number of aromatic nitrogens is 1. The summed E-state index contributed by atoms with van der Waals surface area (Å²) >= 11 is 1.58. The molecule has 1 aromatic heterocycles. The Balaban J connectivity index is 0.00000161. The van der Waals surface area contributed by atoms with Crippen LogP contribution in [0.4, 0.5) is 5.13 Å². The van der Waals surface area contributed by atoms with Gasteiger partial charge in [-0.25, -0.2) is 4.98 Å². The highest BCUT2D eigenvalue weighted by Gasteiger charge is 2.15. The number of nitrogens with zero attached hydrogens (tertiary/aromatic N) is 2. The van der Waals surface area contributed by atoms with Crippen molar-refractivity contribution in [2.24, 2.45) is 0 Å². The monoisotopic (exact) mass is 325 g/mol. The zero-order chi connectivity index (χ0) is 13.9. The van der Waals surface area contributed by atoms with Gasteiger partial charge in [-0.3, -0.25) is 4.90 Å². The molecule has 114 valence electrons. The molecule has 0 fully saturated rings. The molecule has 1 aliphatic rings. The molecule has 3 rings (SSSR count). The van der Waals surface area contributed by atoms with E-state index in [1.165, 1.54) is 16.0 Å². The van der Waals surface area contributed by atoms with Gasteiger partial charge in [-0.2, -0.15) is 0 Å². The van der Waals surface area contributed by atoms with E-state index in [-0.39, 0.29) is 12.4 Å². The van der Waals surface area contributed by atoms with Crippen LogP contribution in [0, 0.1) is 0 Å². The fourth-order valence-corrected chi connectivity index (χ4v) is 3.38. The van der Waals surface area contributed by atoms with Gasteiger partial charge in [0.2, 0.25) is 0 Å². The number of hydrogen-bond acceptors (Lipinski definition) is 5. The number of fused-ring (bicyclic) bond motifs is 1. The van der Waals surface area contributed by atoms with Crippen molar-refractivity contribution in [3.8, 4) is 5.75 Å². The molecule has 0 unspecified atom stereocenters. The Morgan fingerprint density at radius 2 is 2.05 bits per heavy atom. The average molecular weight is 326 g/mol. The summed E-state index contributed by atoms with van der Waals surface area (Å²) in [4.78, 5) is 7.83.